The van der Waals surface area contributed by atoms with Gasteiger partial charge in [0, 0.05) is 31.6 Å². The van der Waals surface area contributed by atoms with Crippen LogP contribution in [0.5, 0.6) is 0 Å². The van der Waals surface area contributed by atoms with E-state index in [-0.39, 0.29) is 17.4 Å². The van der Waals surface area contributed by atoms with Crippen LogP contribution in [0.3, 0.4) is 0 Å². The summed E-state index contributed by atoms with van der Waals surface area (Å²) in [4.78, 5) is 21.4. The normalized spacial score (nSPS) is 18.8. The predicted octanol–water partition coefficient (Wildman–Crippen LogP) is 6.42. The van der Waals surface area contributed by atoms with Crippen molar-refractivity contribution < 1.29 is 13.9 Å². The molecule has 2 aromatic carbocycles. The SMILES string of the molecule is CC(C)(C)OC(=O)N1CC2(C1)CN(c1cccc3ncsc13)CC2c1nnc(Cc2ccc(Cl)c(Cl)c2)o1. The summed E-state index contributed by atoms with van der Waals surface area (Å²) in [5.41, 5.74) is 4.16. The maximum absolute atomic E-state index is 12.8. The summed E-state index contributed by atoms with van der Waals surface area (Å²) < 4.78 is 13.0. The lowest BCUT2D eigenvalue weighted by atomic mass is 9.71. The van der Waals surface area contributed by atoms with Crippen LogP contribution in [-0.2, 0) is 11.2 Å². The van der Waals surface area contributed by atoms with Crippen molar-refractivity contribution in [1.29, 1.82) is 0 Å². The molecule has 2 aliphatic heterocycles. The van der Waals surface area contributed by atoms with Crippen LogP contribution in [0.15, 0.2) is 46.3 Å². The number of anilines is 1. The van der Waals surface area contributed by atoms with Gasteiger partial charge in [0.2, 0.25) is 11.8 Å². The minimum atomic E-state index is -0.547. The van der Waals surface area contributed by atoms with E-state index in [1.54, 1.807) is 22.3 Å². The van der Waals surface area contributed by atoms with Gasteiger partial charge in [0.25, 0.3) is 0 Å². The predicted molar refractivity (Wildman–Crippen MR) is 148 cm³/mol. The molecule has 0 saturated carbocycles. The third-order valence-corrected chi connectivity index (χ3v) is 8.71. The zero-order valence-electron chi connectivity index (χ0n) is 21.3. The number of benzene rings is 2. The van der Waals surface area contributed by atoms with Gasteiger partial charge < -0.3 is 19.0 Å². The zero-order valence-corrected chi connectivity index (χ0v) is 23.6. The molecule has 198 valence electrons. The van der Waals surface area contributed by atoms with Gasteiger partial charge >= 0.3 is 6.09 Å². The van der Waals surface area contributed by atoms with Gasteiger partial charge in [-0.05, 0) is 50.6 Å². The highest BCUT2D eigenvalue weighted by molar-refractivity contribution is 7.17. The average Bonchev–Trinajstić information content (AvgIpc) is 3.57. The molecular weight excluding hydrogens is 545 g/mol. The third-order valence-electron chi connectivity index (χ3n) is 7.11. The summed E-state index contributed by atoms with van der Waals surface area (Å²) >= 11 is 13.9. The maximum atomic E-state index is 12.8. The van der Waals surface area contributed by atoms with Gasteiger partial charge in [-0.15, -0.1) is 21.5 Å². The molecule has 1 unspecified atom stereocenters. The van der Waals surface area contributed by atoms with Crippen molar-refractivity contribution >= 4 is 56.5 Å². The van der Waals surface area contributed by atoms with Crippen LogP contribution in [0.1, 0.15) is 44.0 Å². The second kappa shape index (κ2) is 9.39. The Kier molecular flexibility index (Phi) is 6.28. The van der Waals surface area contributed by atoms with Crippen molar-refractivity contribution in [3.8, 4) is 0 Å². The van der Waals surface area contributed by atoms with Crippen LogP contribution in [0.4, 0.5) is 10.5 Å². The number of ether oxygens (including phenoxy) is 1. The van der Waals surface area contributed by atoms with Gasteiger partial charge in [-0.1, -0.05) is 35.3 Å². The first-order valence-electron chi connectivity index (χ1n) is 12.4. The van der Waals surface area contributed by atoms with E-state index in [2.05, 4.69) is 26.1 Å². The molecule has 4 heterocycles. The Morgan fingerprint density at radius 2 is 1.97 bits per heavy atom. The Morgan fingerprint density at radius 3 is 2.74 bits per heavy atom. The van der Waals surface area contributed by atoms with Crippen LogP contribution >= 0.6 is 34.5 Å². The number of hydrogen-bond acceptors (Lipinski definition) is 8. The number of hydrogen-bond donors (Lipinski definition) is 0. The van der Waals surface area contributed by atoms with Crippen LogP contribution in [0.2, 0.25) is 10.0 Å². The lowest BCUT2D eigenvalue weighted by molar-refractivity contribution is -0.0348. The Bertz CT molecular complexity index is 1510. The Hall–Kier alpha value is -2.88. The summed E-state index contributed by atoms with van der Waals surface area (Å²) in [5, 5.41) is 9.82. The molecule has 0 N–H and O–H groups in total. The van der Waals surface area contributed by atoms with Gasteiger partial charge in [0.1, 0.15) is 5.60 Å². The smallest absolute Gasteiger partial charge is 0.410 e. The topological polar surface area (TPSA) is 84.6 Å². The second-order valence-corrected chi connectivity index (χ2v) is 12.7. The summed E-state index contributed by atoms with van der Waals surface area (Å²) in [6.45, 7) is 8.23. The molecule has 11 heteroatoms. The highest BCUT2D eigenvalue weighted by Gasteiger charge is 2.58. The van der Waals surface area contributed by atoms with E-state index in [1.165, 1.54) is 0 Å². The first kappa shape index (κ1) is 25.4. The largest absolute Gasteiger partial charge is 0.444 e. The summed E-state index contributed by atoms with van der Waals surface area (Å²) in [5.74, 6) is 1.06. The van der Waals surface area contributed by atoms with E-state index >= 15 is 0 Å². The fourth-order valence-corrected chi connectivity index (χ4v) is 6.56. The lowest BCUT2D eigenvalue weighted by Gasteiger charge is -2.49. The number of thiazole rings is 1. The highest BCUT2D eigenvalue weighted by atomic mass is 35.5. The summed E-state index contributed by atoms with van der Waals surface area (Å²) in [6, 6.07) is 11.7. The number of nitrogens with zero attached hydrogens (tertiary/aromatic N) is 5. The first-order valence-corrected chi connectivity index (χ1v) is 14.1. The third kappa shape index (κ3) is 4.72. The number of likely N-dealkylation sites (tertiary alicyclic amines) is 1. The Balaban J connectivity index is 1.28. The molecule has 6 rings (SSSR count). The van der Waals surface area contributed by atoms with E-state index in [0.717, 1.165) is 28.0 Å². The van der Waals surface area contributed by atoms with Crippen molar-refractivity contribution in [3.63, 3.8) is 0 Å². The monoisotopic (exact) mass is 571 g/mol. The standard InChI is InChI=1S/C27H27Cl2N5O3S/c1-26(2,3)37-25(35)34-13-27(14-34)12-33(21-6-4-5-20-23(21)38-15-30-20)11-17(27)24-32-31-22(36-24)10-16-7-8-18(28)19(29)9-16/h4-9,15,17H,10-14H2,1-3H3. The van der Waals surface area contributed by atoms with E-state index in [4.69, 9.17) is 32.4 Å². The van der Waals surface area contributed by atoms with E-state index < -0.39 is 5.60 Å². The molecule has 1 amide bonds. The molecule has 2 fully saturated rings. The number of halogens is 2. The van der Waals surface area contributed by atoms with Crippen molar-refractivity contribution in [2.45, 2.75) is 38.7 Å². The zero-order chi connectivity index (χ0) is 26.7. The molecule has 0 bridgehead atoms. The molecule has 0 radical (unpaired) electrons. The number of aromatic nitrogens is 3. The van der Waals surface area contributed by atoms with Gasteiger partial charge in [0.15, 0.2) is 0 Å². The number of amides is 1. The maximum Gasteiger partial charge on any atom is 0.410 e. The fraction of sp³-hybridized carbons (Fsp3) is 0.407. The molecule has 2 aromatic heterocycles. The molecule has 1 spiro atoms. The molecule has 2 aliphatic rings. The molecule has 2 saturated heterocycles. The van der Waals surface area contributed by atoms with Gasteiger partial charge in [-0.2, -0.15) is 0 Å². The van der Waals surface area contributed by atoms with Crippen molar-refractivity contribution in [3.05, 3.63) is 69.3 Å². The molecule has 1 atom stereocenters. The van der Waals surface area contributed by atoms with E-state index in [1.807, 2.05) is 50.5 Å². The minimum absolute atomic E-state index is 0.0422. The Labute approximate surface area is 234 Å². The quantitative estimate of drug-likeness (QED) is 0.279. The number of rotatable bonds is 4. The number of fused-ring (bicyclic) bond motifs is 1. The van der Waals surface area contributed by atoms with Crippen LogP contribution in [0.25, 0.3) is 10.2 Å². The highest BCUT2D eigenvalue weighted by Crippen LogP contribution is 2.51. The molecule has 8 nitrogen and oxygen atoms in total. The second-order valence-electron chi connectivity index (χ2n) is 11.1. The lowest BCUT2D eigenvalue weighted by Crippen LogP contribution is -2.62. The van der Waals surface area contributed by atoms with Gasteiger partial charge in [0.05, 0.1) is 43.8 Å². The number of carbonyl (C=O) groups is 1. The fourth-order valence-electron chi connectivity index (χ4n) is 5.41. The molecule has 0 aliphatic carbocycles. The van der Waals surface area contributed by atoms with Crippen molar-refractivity contribution in [2.75, 3.05) is 31.1 Å². The van der Waals surface area contributed by atoms with Crippen LogP contribution in [0, 0.1) is 5.41 Å². The first-order chi connectivity index (χ1) is 18.1. The minimum Gasteiger partial charge on any atom is -0.444 e. The van der Waals surface area contributed by atoms with Crippen LogP contribution < -0.4 is 4.90 Å². The molecular formula is C27H27Cl2N5O3S. The summed E-state index contributed by atoms with van der Waals surface area (Å²) in [6.07, 6.45) is 0.160. The van der Waals surface area contributed by atoms with Crippen molar-refractivity contribution in [2.24, 2.45) is 5.41 Å². The van der Waals surface area contributed by atoms with E-state index in [9.17, 15) is 4.79 Å². The average molecular weight is 573 g/mol. The van der Waals surface area contributed by atoms with Gasteiger partial charge in [-0.3, -0.25) is 0 Å². The summed E-state index contributed by atoms with van der Waals surface area (Å²) in [7, 11) is 0. The van der Waals surface area contributed by atoms with E-state index in [0.29, 0.717) is 47.9 Å². The van der Waals surface area contributed by atoms with Crippen LogP contribution in [-0.4, -0.2) is 58.0 Å². The molecule has 38 heavy (non-hydrogen) atoms. The Morgan fingerprint density at radius 1 is 1.16 bits per heavy atom. The number of carbonyl (C=O) groups excluding carboxylic acids is 1. The van der Waals surface area contributed by atoms with Crippen molar-refractivity contribution in [1.82, 2.24) is 20.1 Å². The molecule has 4 aromatic rings. The van der Waals surface area contributed by atoms with Gasteiger partial charge in [-0.25, -0.2) is 9.78 Å².